The molecule has 3 rings (SSSR count). The smallest absolute Gasteiger partial charge is 0.254 e. The highest BCUT2D eigenvalue weighted by Gasteiger charge is 2.29. The zero-order chi connectivity index (χ0) is 14.1. The van der Waals surface area contributed by atoms with E-state index in [1.807, 2.05) is 0 Å². The van der Waals surface area contributed by atoms with Crippen LogP contribution in [0.3, 0.4) is 0 Å². The number of benzene rings is 1. The van der Waals surface area contributed by atoms with Gasteiger partial charge >= 0.3 is 0 Å². The minimum atomic E-state index is -0.136. The molecule has 0 aromatic heterocycles. The third-order valence-electron chi connectivity index (χ3n) is 4.03. The van der Waals surface area contributed by atoms with Crippen LogP contribution < -0.4 is 5.32 Å². The van der Waals surface area contributed by atoms with Crippen molar-refractivity contribution in [1.82, 2.24) is 15.1 Å². The van der Waals surface area contributed by atoms with Crippen molar-refractivity contribution in [2.75, 3.05) is 39.3 Å². The average Bonchev–Trinajstić information content (AvgIpc) is 2.35. The predicted octanol–water partition coefficient (Wildman–Crippen LogP) is -0.173. The third kappa shape index (κ3) is 2.57. The first-order valence-corrected chi connectivity index (χ1v) is 6.90. The summed E-state index contributed by atoms with van der Waals surface area (Å²) < 4.78 is 0. The van der Waals surface area contributed by atoms with Crippen molar-refractivity contribution in [2.45, 2.75) is 6.04 Å². The lowest BCUT2D eigenvalue weighted by Crippen LogP contribution is -2.62. The zero-order valence-corrected chi connectivity index (χ0v) is 11.2. The number of phenols is 2. The van der Waals surface area contributed by atoms with E-state index in [2.05, 4.69) is 10.2 Å². The lowest BCUT2D eigenvalue weighted by atomic mass is 10.1. The topological polar surface area (TPSA) is 76.0 Å². The molecule has 2 heterocycles. The maximum atomic E-state index is 12.3. The Bertz CT molecular complexity index is 488. The number of nitrogens with zero attached hydrogens (tertiary/aromatic N) is 2. The van der Waals surface area contributed by atoms with Gasteiger partial charge in [-0.25, -0.2) is 0 Å². The molecule has 0 spiro atoms. The van der Waals surface area contributed by atoms with Crippen molar-refractivity contribution < 1.29 is 15.0 Å². The number of carbonyl (C=O) groups excluding carboxylic acids is 1. The van der Waals surface area contributed by atoms with Crippen LogP contribution >= 0.6 is 0 Å². The van der Waals surface area contributed by atoms with Crippen LogP contribution in [0.4, 0.5) is 0 Å². The summed E-state index contributed by atoms with van der Waals surface area (Å²) in [7, 11) is 0. The molecule has 1 aromatic carbocycles. The van der Waals surface area contributed by atoms with E-state index >= 15 is 0 Å². The minimum absolute atomic E-state index is 0.0903. The molecule has 2 fully saturated rings. The normalized spacial score (nSPS) is 20.7. The molecule has 3 N–H and O–H groups in total. The number of amides is 1. The van der Waals surface area contributed by atoms with Gasteiger partial charge < -0.3 is 20.4 Å². The number of nitrogens with one attached hydrogen (secondary N) is 1. The minimum Gasteiger partial charge on any atom is -0.508 e. The molecule has 0 unspecified atom stereocenters. The van der Waals surface area contributed by atoms with E-state index in [4.69, 9.17) is 0 Å². The number of carbonyl (C=O) groups is 1. The number of hydrogen-bond acceptors (Lipinski definition) is 5. The zero-order valence-electron chi connectivity index (χ0n) is 11.2. The van der Waals surface area contributed by atoms with Crippen LogP contribution in [0, 0.1) is 0 Å². The Morgan fingerprint density at radius 3 is 2.15 bits per heavy atom. The quantitative estimate of drug-likeness (QED) is 0.699. The van der Waals surface area contributed by atoms with Gasteiger partial charge in [-0.05, 0) is 12.1 Å². The molecule has 6 heteroatoms. The van der Waals surface area contributed by atoms with Crippen LogP contribution in [0.1, 0.15) is 10.4 Å². The Balaban J connectivity index is 1.63. The fourth-order valence-electron chi connectivity index (χ4n) is 2.72. The Morgan fingerprint density at radius 2 is 1.65 bits per heavy atom. The van der Waals surface area contributed by atoms with Gasteiger partial charge in [0.2, 0.25) is 0 Å². The molecule has 0 bridgehead atoms. The Kier molecular flexibility index (Phi) is 3.50. The second-order valence-electron chi connectivity index (χ2n) is 5.38. The van der Waals surface area contributed by atoms with Crippen LogP contribution in [0.15, 0.2) is 18.2 Å². The number of piperazine rings is 1. The fraction of sp³-hybridized carbons (Fsp3) is 0.500. The van der Waals surface area contributed by atoms with E-state index in [9.17, 15) is 15.0 Å². The van der Waals surface area contributed by atoms with Crippen LogP contribution in [0.25, 0.3) is 0 Å². The molecular formula is C14H19N3O3. The second-order valence-corrected chi connectivity index (χ2v) is 5.38. The molecular weight excluding hydrogens is 258 g/mol. The van der Waals surface area contributed by atoms with E-state index in [0.29, 0.717) is 24.7 Å². The summed E-state index contributed by atoms with van der Waals surface area (Å²) in [4.78, 5) is 16.5. The summed E-state index contributed by atoms with van der Waals surface area (Å²) in [6.07, 6.45) is 0. The fourth-order valence-corrected chi connectivity index (χ4v) is 2.72. The van der Waals surface area contributed by atoms with Crippen LogP contribution in [0.5, 0.6) is 11.5 Å². The molecule has 2 aliphatic rings. The molecule has 0 aliphatic carbocycles. The molecule has 0 saturated carbocycles. The summed E-state index contributed by atoms with van der Waals surface area (Å²) >= 11 is 0. The van der Waals surface area contributed by atoms with Crippen molar-refractivity contribution in [3.63, 3.8) is 0 Å². The largest absolute Gasteiger partial charge is 0.508 e. The van der Waals surface area contributed by atoms with E-state index in [1.54, 1.807) is 4.90 Å². The van der Waals surface area contributed by atoms with Gasteiger partial charge in [0.25, 0.3) is 5.91 Å². The molecule has 1 aromatic rings. The summed E-state index contributed by atoms with van der Waals surface area (Å²) in [6, 6.07) is 4.62. The standard InChI is InChI=1S/C14H19N3O3/c18-12-5-10(6-13(19)7-12)14(20)17-3-1-16(2-4-17)11-8-15-9-11/h5-7,11,15,18-19H,1-4,8-9H2. The summed E-state index contributed by atoms with van der Waals surface area (Å²) in [5.74, 6) is -0.317. The van der Waals surface area contributed by atoms with Crippen molar-refractivity contribution in [3.8, 4) is 11.5 Å². The second kappa shape index (κ2) is 5.30. The predicted molar refractivity (Wildman–Crippen MR) is 73.9 cm³/mol. The first-order chi connectivity index (χ1) is 9.63. The molecule has 0 atom stereocenters. The van der Waals surface area contributed by atoms with Crippen LogP contribution in [0.2, 0.25) is 0 Å². The molecule has 6 nitrogen and oxygen atoms in total. The third-order valence-corrected chi connectivity index (χ3v) is 4.03. The number of phenolic OH excluding ortho intramolecular Hbond substituents is 2. The van der Waals surface area contributed by atoms with Gasteiger partial charge in [0.15, 0.2) is 0 Å². The molecule has 20 heavy (non-hydrogen) atoms. The van der Waals surface area contributed by atoms with Crippen molar-refractivity contribution in [3.05, 3.63) is 23.8 Å². The molecule has 1 amide bonds. The summed E-state index contributed by atoms with van der Waals surface area (Å²) in [5.41, 5.74) is 0.335. The summed E-state index contributed by atoms with van der Waals surface area (Å²) in [5, 5.41) is 22.2. The van der Waals surface area contributed by atoms with Crippen LogP contribution in [-0.4, -0.2) is 71.2 Å². The van der Waals surface area contributed by atoms with Gasteiger partial charge in [-0.3, -0.25) is 9.69 Å². The van der Waals surface area contributed by atoms with E-state index < -0.39 is 0 Å². The van der Waals surface area contributed by atoms with E-state index in [0.717, 1.165) is 26.2 Å². The molecule has 0 radical (unpaired) electrons. The molecule has 108 valence electrons. The number of hydrogen-bond donors (Lipinski definition) is 3. The SMILES string of the molecule is O=C(c1cc(O)cc(O)c1)N1CCN(C2CNC2)CC1. The number of aromatic hydroxyl groups is 2. The highest BCUT2D eigenvalue weighted by Crippen LogP contribution is 2.22. The first kappa shape index (κ1) is 13.2. The maximum Gasteiger partial charge on any atom is 0.254 e. The van der Waals surface area contributed by atoms with Crippen molar-refractivity contribution in [2.24, 2.45) is 0 Å². The molecule has 2 aliphatic heterocycles. The van der Waals surface area contributed by atoms with Gasteiger partial charge in [0, 0.05) is 56.9 Å². The van der Waals surface area contributed by atoms with E-state index in [1.165, 1.54) is 18.2 Å². The number of rotatable bonds is 2. The van der Waals surface area contributed by atoms with Crippen LogP contribution in [-0.2, 0) is 0 Å². The average molecular weight is 277 g/mol. The highest BCUT2D eigenvalue weighted by atomic mass is 16.3. The van der Waals surface area contributed by atoms with Gasteiger partial charge in [-0.2, -0.15) is 0 Å². The Labute approximate surface area is 117 Å². The highest BCUT2D eigenvalue weighted by molar-refractivity contribution is 5.95. The van der Waals surface area contributed by atoms with Gasteiger partial charge in [-0.1, -0.05) is 0 Å². The van der Waals surface area contributed by atoms with Gasteiger partial charge in [0.05, 0.1) is 0 Å². The Hall–Kier alpha value is -1.79. The first-order valence-electron chi connectivity index (χ1n) is 6.90. The lowest BCUT2D eigenvalue weighted by molar-refractivity contribution is 0.0501. The van der Waals surface area contributed by atoms with Gasteiger partial charge in [-0.15, -0.1) is 0 Å². The van der Waals surface area contributed by atoms with E-state index in [-0.39, 0.29) is 17.4 Å². The maximum absolute atomic E-state index is 12.3. The van der Waals surface area contributed by atoms with Gasteiger partial charge in [0.1, 0.15) is 11.5 Å². The summed E-state index contributed by atoms with van der Waals surface area (Å²) in [6.45, 7) is 5.20. The monoisotopic (exact) mass is 277 g/mol. The van der Waals surface area contributed by atoms with Crippen molar-refractivity contribution in [1.29, 1.82) is 0 Å². The molecule has 2 saturated heterocycles. The Morgan fingerprint density at radius 1 is 1.05 bits per heavy atom. The van der Waals surface area contributed by atoms with Crippen molar-refractivity contribution >= 4 is 5.91 Å². The lowest BCUT2D eigenvalue weighted by Gasteiger charge is -2.43.